The van der Waals surface area contributed by atoms with Gasteiger partial charge in [-0.3, -0.25) is 0 Å². The smallest absolute Gasteiger partial charge is 0.132 e. The van der Waals surface area contributed by atoms with E-state index in [1.165, 1.54) is 35.4 Å². The summed E-state index contributed by atoms with van der Waals surface area (Å²) < 4.78 is 14.4. The fraction of sp³-hybridized carbons (Fsp3) is 0.364. The average molecular weight is 338 g/mol. The number of unbranched alkanes of at least 4 members (excludes halogenated alkanes) is 2. The van der Waals surface area contributed by atoms with E-state index < -0.39 is 0 Å². The standard InChI is InChI=1S/C22H27FN2/c1-2-3-8-16-12-13-21-19(15-16)17(9-6-7-14-24)22(25-21)18-10-4-5-11-20(18)23/h4-5,10-13,15,25H,2-3,6-9,14,24H2,1H3. The predicted octanol–water partition coefficient (Wildman–Crippen LogP) is 5.60. The van der Waals surface area contributed by atoms with Crippen molar-refractivity contribution in [1.29, 1.82) is 0 Å². The number of aromatic amines is 1. The van der Waals surface area contributed by atoms with E-state index in [2.05, 4.69) is 30.1 Å². The molecule has 0 radical (unpaired) electrons. The summed E-state index contributed by atoms with van der Waals surface area (Å²) in [5.41, 5.74) is 10.9. The predicted molar refractivity (Wildman–Crippen MR) is 104 cm³/mol. The van der Waals surface area contributed by atoms with Crippen LogP contribution in [0, 0.1) is 5.82 Å². The Morgan fingerprint density at radius 3 is 2.60 bits per heavy atom. The molecule has 0 unspecified atom stereocenters. The fourth-order valence-corrected chi connectivity index (χ4v) is 3.43. The van der Waals surface area contributed by atoms with E-state index in [4.69, 9.17) is 5.73 Å². The molecule has 0 aliphatic rings. The summed E-state index contributed by atoms with van der Waals surface area (Å²) in [4.78, 5) is 3.46. The van der Waals surface area contributed by atoms with Crippen LogP contribution in [0.2, 0.25) is 0 Å². The number of H-pyrrole nitrogens is 1. The Morgan fingerprint density at radius 2 is 1.84 bits per heavy atom. The first-order valence-electron chi connectivity index (χ1n) is 9.33. The molecule has 132 valence electrons. The lowest BCUT2D eigenvalue weighted by atomic mass is 9.98. The van der Waals surface area contributed by atoms with Crippen molar-refractivity contribution in [1.82, 2.24) is 4.98 Å². The number of aryl methyl sites for hydroxylation is 2. The van der Waals surface area contributed by atoms with Crippen LogP contribution in [0.25, 0.3) is 22.2 Å². The van der Waals surface area contributed by atoms with Gasteiger partial charge >= 0.3 is 0 Å². The van der Waals surface area contributed by atoms with Gasteiger partial charge in [-0.25, -0.2) is 4.39 Å². The van der Waals surface area contributed by atoms with Crippen molar-refractivity contribution in [3.05, 3.63) is 59.4 Å². The minimum Gasteiger partial charge on any atom is -0.354 e. The van der Waals surface area contributed by atoms with Gasteiger partial charge < -0.3 is 10.7 Å². The number of nitrogens with two attached hydrogens (primary N) is 1. The lowest BCUT2D eigenvalue weighted by Gasteiger charge is -2.07. The molecule has 25 heavy (non-hydrogen) atoms. The Morgan fingerprint density at radius 1 is 1.00 bits per heavy atom. The number of halogens is 1. The number of nitrogens with one attached hydrogen (secondary N) is 1. The summed E-state index contributed by atoms with van der Waals surface area (Å²) in [5, 5.41) is 1.23. The third-order valence-electron chi connectivity index (χ3n) is 4.81. The molecule has 0 saturated heterocycles. The zero-order valence-electron chi connectivity index (χ0n) is 14.9. The Balaban J connectivity index is 2.08. The van der Waals surface area contributed by atoms with E-state index in [1.54, 1.807) is 6.07 Å². The van der Waals surface area contributed by atoms with Crippen molar-refractivity contribution in [2.24, 2.45) is 5.73 Å². The van der Waals surface area contributed by atoms with Crippen molar-refractivity contribution < 1.29 is 4.39 Å². The molecule has 1 heterocycles. The fourth-order valence-electron chi connectivity index (χ4n) is 3.43. The van der Waals surface area contributed by atoms with Crippen molar-refractivity contribution >= 4 is 10.9 Å². The van der Waals surface area contributed by atoms with E-state index in [9.17, 15) is 4.39 Å². The number of aromatic nitrogens is 1. The molecule has 0 spiro atoms. The molecule has 0 aliphatic heterocycles. The van der Waals surface area contributed by atoms with E-state index >= 15 is 0 Å². The highest BCUT2D eigenvalue weighted by Gasteiger charge is 2.16. The second kappa shape index (κ2) is 8.30. The summed E-state index contributed by atoms with van der Waals surface area (Å²) in [6.07, 6.45) is 6.39. The van der Waals surface area contributed by atoms with Gasteiger partial charge in [0.25, 0.3) is 0 Å². The Labute approximate surface area is 149 Å². The van der Waals surface area contributed by atoms with Crippen LogP contribution in [0.4, 0.5) is 4.39 Å². The zero-order valence-corrected chi connectivity index (χ0v) is 14.9. The van der Waals surface area contributed by atoms with Crippen LogP contribution in [-0.4, -0.2) is 11.5 Å². The lowest BCUT2D eigenvalue weighted by molar-refractivity contribution is 0.630. The molecule has 2 aromatic carbocycles. The molecule has 0 saturated carbocycles. The zero-order chi connectivity index (χ0) is 17.6. The second-order valence-electron chi connectivity index (χ2n) is 6.69. The van der Waals surface area contributed by atoms with Gasteiger partial charge in [0.1, 0.15) is 5.82 Å². The topological polar surface area (TPSA) is 41.8 Å². The largest absolute Gasteiger partial charge is 0.354 e. The SMILES string of the molecule is CCCCc1ccc2[nH]c(-c3ccccc3F)c(CCCCN)c2c1. The first-order chi connectivity index (χ1) is 12.2. The minimum atomic E-state index is -0.180. The summed E-state index contributed by atoms with van der Waals surface area (Å²) in [7, 11) is 0. The monoisotopic (exact) mass is 338 g/mol. The summed E-state index contributed by atoms with van der Waals surface area (Å²) >= 11 is 0. The second-order valence-corrected chi connectivity index (χ2v) is 6.69. The first-order valence-corrected chi connectivity index (χ1v) is 9.33. The third kappa shape index (κ3) is 3.93. The van der Waals surface area contributed by atoms with Crippen molar-refractivity contribution in [2.45, 2.75) is 45.4 Å². The van der Waals surface area contributed by atoms with Crippen molar-refractivity contribution in [3.63, 3.8) is 0 Å². The maximum Gasteiger partial charge on any atom is 0.132 e. The summed E-state index contributed by atoms with van der Waals surface area (Å²) in [5.74, 6) is -0.180. The molecule has 3 aromatic rings. The van der Waals surface area contributed by atoms with Crippen molar-refractivity contribution in [2.75, 3.05) is 6.54 Å². The quantitative estimate of drug-likeness (QED) is 0.516. The number of fused-ring (bicyclic) bond motifs is 1. The average Bonchev–Trinajstić information content (AvgIpc) is 2.98. The number of benzene rings is 2. The highest BCUT2D eigenvalue weighted by molar-refractivity contribution is 5.91. The molecule has 3 N–H and O–H groups in total. The Bertz CT molecular complexity index is 835. The Kier molecular flexibility index (Phi) is 5.87. The molecular formula is C22H27FN2. The van der Waals surface area contributed by atoms with Gasteiger partial charge in [0, 0.05) is 16.5 Å². The van der Waals surface area contributed by atoms with Gasteiger partial charge in [-0.1, -0.05) is 31.5 Å². The van der Waals surface area contributed by atoms with Crippen LogP contribution < -0.4 is 5.73 Å². The molecule has 0 aliphatic carbocycles. The van der Waals surface area contributed by atoms with Gasteiger partial charge in [0.15, 0.2) is 0 Å². The molecule has 0 atom stereocenters. The van der Waals surface area contributed by atoms with Crippen LogP contribution in [0.15, 0.2) is 42.5 Å². The van der Waals surface area contributed by atoms with Gasteiger partial charge in [0.05, 0.1) is 5.69 Å². The number of rotatable bonds is 8. The normalized spacial score (nSPS) is 11.3. The van der Waals surface area contributed by atoms with Crippen LogP contribution in [-0.2, 0) is 12.8 Å². The Hall–Kier alpha value is -2.13. The van der Waals surface area contributed by atoms with Crippen LogP contribution >= 0.6 is 0 Å². The lowest BCUT2D eigenvalue weighted by Crippen LogP contribution is -1.99. The van der Waals surface area contributed by atoms with E-state index in [0.717, 1.165) is 36.9 Å². The van der Waals surface area contributed by atoms with Crippen LogP contribution in [0.1, 0.15) is 43.7 Å². The third-order valence-corrected chi connectivity index (χ3v) is 4.81. The molecule has 0 fully saturated rings. The molecule has 0 bridgehead atoms. The molecule has 0 amide bonds. The van der Waals surface area contributed by atoms with Crippen LogP contribution in [0.5, 0.6) is 0 Å². The maximum absolute atomic E-state index is 14.4. The van der Waals surface area contributed by atoms with Crippen molar-refractivity contribution in [3.8, 4) is 11.3 Å². The first kappa shape index (κ1) is 17.7. The molecule has 3 rings (SSSR count). The summed E-state index contributed by atoms with van der Waals surface area (Å²) in [6, 6.07) is 13.6. The molecule has 2 nitrogen and oxygen atoms in total. The molecule has 1 aromatic heterocycles. The van der Waals surface area contributed by atoms with Crippen LogP contribution in [0.3, 0.4) is 0 Å². The number of hydrogen-bond donors (Lipinski definition) is 2. The highest BCUT2D eigenvalue weighted by atomic mass is 19.1. The molecular weight excluding hydrogens is 311 g/mol. The van der Waals surface area contributed by atoms with E-state index in [0.29, 0.717) is 12.1 Å². The highest BCUT2D eigenvalue weighted by Crippen LogP contribution is 2.33. The van der Waals surface area contributed by atoms with Gasteiger partial charge in [-0.2, -0.15) is 0 Å². The maximum atomic E-state index is 14.4. The van der Waals surface area contributed by atoms with E-state index in [1.807, 2.05) is 12.1 Å². The summed E-state index contributed by atoms with van der Waals surface area (Å²) in [6.45, 7) is 2.91. The molecule has 3 heteroatoms. The van der Waals surface area contributed by atoms with Gasteiger partial charge in [-0.05, 0) is 74.0 Å². The number of hydrogen-bond acceptors (Lipinski definition) is 1. The van der Waals surface area contributed by atoms with E-state index in [-0.39, 0.29) is 5.82 Å². The van der Waals surface area contributed by atoms with Gasteiger partial charge in [-0.15, -0.1) is 0 Å². The minimum absolute atomic E-state index is 0.180. The van der Waals surface area contributed by atoms with Gasteiger partial charge in [0.2, 0.25) is 0 Å².